The van der Waals surface area contributed by atoms with Crippen LogP contribution in [-0.4, -0.2) is 85.0 Å². The maximum atomic E-state index is 13.5. The van der Waals surface area contributed by atoms with Crippen LogP contribution in [0.5, 0.6) is 11.5 Å². The summed E-state index contributed by atoms with van der Waals surface area (Å²) < 4.78 is 44.7. The molecule has 2 aromatic rings. The van der Waals surface area contributed by atoms with E-state index in [2.05, 4.69) is 5.32 Å². The van der Waals surface area contributed by atoms with Gasteiger partial charge in [-0.1, -0.05) is 26.0 Å². The van der Waals surface area contributed by atoms with Gasteiger partial charge in [0.05, 0.1) is 36.2 Å². The minimum absolute atomic E-state index is 0.0230. The van der Waals surface area contributed by atoms with Crippen molar-refractivity contribution in [3.63, 3.8) is 0 Å². The van der Waals surface area contributed by atoms with Gasteiger partial charge in [0.15, 0.2) is 6.29 Å². The second-order valence-electron chi connectivity index (χ2n) is 10.4. The standard InChI is InChI=1S/C27H36N2O9S/c1-17(2)14-29(39(34,35)21-9-7-20(31)8-10-21)15-24(32)23(13-18-3-5-19(30)6-4-18)28-27(33)38-25-16-37-26-22(25)11-12-36-26/h3-10,17,22-26,30-32H,11-16H2,1-2H3,(H,28,33)/t22-,23-,24+,25-,26+/m0/s1. The first-order valence-corrected chi connectivity index (χ1v) is 14.4. The molecule has 4 rings (SSSR count). The summed E-state index contributed by atoms with van der Waals surface area (Å²) in [4.78, 5) is 12.9. The maximum absolute atomic E-state index is 13.5. The number of aliphatic hydroxyl groups is 1. The molecule has 11 nitrogen and oxygen atoms in total. The third-order valence-electron chi connectivity index (χ3n) is 6.84. The highest BCUT2D eigenvalue weighted by Gasteiger charge is 2.44. The number of carbonyl (C=O) groups is 1. The van der Waals surface area contributed by atoms with Crippen LogP contribution in [0, 0.1) is 11.8 Å². The lowest BCUT2D eigenvalue weighted by Gasteiger charge is -2.31. The molecule has 2 fully saturated rings. The normalized spacial score (nSPS) is 22.5. The summed E-state index contributed by atoms with van der Waals surface area (Å²) >= 11 is 0. The van der Waals surface area contributed by atoms with E-state index in [1.807, 2.05) is 13.8 Å². The topological polar surface area (TPSA) is 155 Å². The number of phenolic OH excluding ortho intramolecular Hbond substituents is 2. The third-order valence-corrected chi connectivity index (χ3v) is 8.68. The van der Waals surface area contributed by atoms with Crippen molar-refractivity contribution in [2.45, 2.75) is 56.1 Å². The van der Waals surface area contributed by atoms with Crippen LogP contribution in [0.3, 0.4) is 0 Å². The molecule has 214 valence electrons. The summed E-state index contributed by atoms with van der Waals surface area (Å²) in [6.07, 6.45) is -2.08. The molecule has 12 heteroatoms. The Morgan fingerprint density at radius 3 is 2.33 bits per heavy atom. The van der Waals surface area contributed by atoms with E-state index in [9.17, 15) is 28.5 Å². The number of rotatable bonds is 11. The van der Waals surface area contributed by atoms with Crippen LogP contribution in [-0.2, 0) is 30.7 Å². The van der Waals surface area contributed by atoms with Crippen molar-refractivity contribution >= 4 is 16.1 Å². The molecule has 39 heavy (non-hydrogen) atoms. The molecule has 2 saturated heterocycles. The predicted octanol–water partition coefficient (Wildman–Crippen LogP) is 2.20. The average Bonchev–Trinajstić information content (AvgIpc) is 3.50. The van der Waals surface area contributed by atoms with Gasteiger partial charge < -0.3 is 34.8 Å². The van der Waals surface area contributed by atoms with E-state index in [1.54, 1.807) is 12.1 Å². The Morgan fingerprint density at radius 2 is 1.69 bits per heavy atom. The Labute approximate surface area is 228 Å². The molecule has 5 atom stereocenters. The molecular weight excluding hydrogens is 528 g/mol. The number of sulfonamides is 1. The van der Waals surface area contributed by atoms with Crippen LogP contribution in [0.2, 0.25) is 0 Å². The molecule has 0 aliphatic carbocycles. The number of nitrogens with zero attached hydrogens (tertiary/aromatic N) is 1. The van der Waals surface area contributed by atoms with Crippen molar-refractivity contribution in [1.82, 2.24) is 9.62 Å². The molecule has 4 N–H and O–H groups in total. The molecule has 2 heterocycles. The molecule has 2 aliphatic heterocycles. The number of aliphatic hydroxyl groups excluding tert-OH is 1. The summed E-state index contributed by atoms with van der Waals surface area (Å²) in [7, 11) is -4.02. The highest BCUT2D eigenvalue weighted by atomic mass is 32.2. The fourth-order valence-corrected chi connectivity index (χ4v) is 6.44. The zero-order valence-electron chi connectivity index (χ0n) is 22.0. The maximum Gasteiger partial charge on any atom is 0.407 e. The number of carbonyl (C=O) groups excluding carboxylic acids is 1. The Bertz CT molecular complexity index is 1200. The second-order valence-corrected chi connectivity index (χ2v) is 12.3. The minimum Gasteiger partial charge on any atom is -0.508 e. The first-order valence-electron chi connectivity index (χ1n) is 13.0. The number of benzene rings is 2. The zero-order valence-corrected chi connectivity index (χ0v) is 22.8. The Hall–Kier alpha value is -2.90. The molecule has 0 unspecified atom stereocenters. The predicted molar refractivity (Wildman–Crippen MR) is 141 cm³/mol. The fourth-order valence-electron chi connectivity index (χ4n) is 4.82. The van der Waals surface area contributed by atoms with Crippen LogP contribution in [0.4, 0.5) is 4.79 Å². The smallest absolute Gasteiger partial charge is 0.407 e. The van der Waals surface area contributed by atoms with Crippen LogP contribution < -0.4 is 5.32 Å². The monoisotopic (exact) mass is 564 g/mol. The molecule has 0 saturated carbocycles. The number of alkyl carbamates (subject to hydrolysis) is 1. The van der Waals surface area contributed by atoms with Gasteiger partial charge in [0.25, 0.3) is 0 Å². The molecule has 0 spiro atoms. The molecule has 2 aliphatic rings. The van der Waals surface area contributed by atoms with Gasteiger partial charge >= 0.3 is 6.09 Å². The van der Waals surface area contributed by atoms with E-state index < -0.39 is 40.7 Å². The lowest BCUT2D eigenvalue weighted by atomic mass is 10.0. The molecular formula is C27H36N2O9S. The number of fused-ring (bicyclic) bond motifs is 1. The lowest BCUT2D eigenvalue weighted by molar-refractivity contribution is -0.0907. The summed E-state index contributed by atoms with van der Waals surface area (Å²) in [6.45, 7) is 4.29. The first-order chi connectivity index (χ1) is 18.5. The van der Waals surface area contributed by atoms with Gasteiger partial charge in [-0.15, -0.1) is 0 Å². The SMILES string of the molecule is CC(C)CN(C[C@@H](O)[C@H](Cc1ccc(O)cc1)NC(=O)O[C@H]1CO[C@H]2OCC[C@H]21)S(=O)(=O)c1ccc(O)cc1. The summed E-state index contributed by atoms with van der Waals surface area (Å²) in [5.41, 5.74) is 0.711. The molecule has 0 bridgehead atoms. The quantitative estimate of drug-likeness (QED) is 0.321. The van der Waals surface area contributed by atoms with Crippen LogP contribution in [0.1, 0.15) is 25.8 Å². The van der Waals surface area contributed by atoms with Gasteiger partial charge in [-0.25, -0.2) is 13.2 Å². The van der Waals surface area contributed by atoms with Gasteiger partial charge in [0.2, 0.25) is 10.0 Å². The minimum atomic E-state index is -4.02. The highest BCUT2D eigenvalue weighted by molar-refractivity contribution is 7.89. The average molecular weight is 565 g/mol. The molecule has 1 amide bonds. The van der Waals surface area contributed by atoms with Crippen molar-refractivity contribution < 1.29 is 42.7 Å². The van der Waals surface area contributed by atoms with Crippen LogP contribution in [0.25, 0.3) is 0 Å². The van der Waals surface area contributed by atoms with E-state index in [0.29, 0.717) is 18.6 Å². The third kappa shape index (κ3) is 7.40. The number of aromatic hydroxyl groups is 2. The number of amides is 1. The highest BCUT2D eigenvalue weighted by Crippen LogP contribution is 2.33. The van der Waals surface area contributed by atoms with Gasteiger partial charge in [0, 0.05) is 13.1 Å². The van der Waals surface area contributed by atoms with Crippen LogP contribution >= 0.6 is 0 Å². The summed E-state index contributed by atoms with van der Waals surface area (Å²) in [5, 5.41) is 33.3. The van der Waals surface area contributed by atoms with Crippen molar-refractivity contribution in [3.8, 4) is 11.5 Å². The van der Waals surface area contributed by atoms with E-state index in [4.69, 9.17) is 14.2 Å². The number of phenols is 2. The number of nitrogens with one attached hydrogen (secondary N) is 1. The Balaban J connectivity index is 1.52. The van der Waals surface area contributed by atoms with E-state index in [1.165, 1.54) is 40.7 Å². The molecule has 0 radical (unpaired) electrons. The number of ether oxygens (including phenoxy) is 3. The summed E-state index contributed by atoms with van der Waals surface area (Å²) in [6, 6.07) is 10.6. The molecule has 2 aromatic carbocycles. The Morgan fingerprint density at radius 1 is 1.05 bits per heavy atom. The molecule has 0 aromatic heterocycles. The van der Waals surface area contributed by atoms with Crippen molar-refractivity contribution in [1.29, 1.82) is 0 Å². The zero-order chi connectivity index (χ0) is 28.2. The van der Waals surface area contributed by atoms with Gasteiger partial charge in [0.1, 0.15) is 17.6 Å². The van der Waals surface area contributed by atoms with Gasteiger partial charge in [-0.05, 0) is 60.7 Å². The van der Waals surface area contributed by atoms with E-state index in [0.717, 1.165) is 0 Å². The summed E-state index contributed by atoms with van der Waals surface area (Å²) in [5.74, 6) is -0.111. The first kappa shape index (κ1) is 29.1. The van der Waals surface area contributed by atoms with Gasteiger partial charge in [-0.3, -0.25) is 0 Å². The Kier molecular flexibility index (Phi) is 9.34. The van der Waals surface area contributed by atoms with Crippen LogP contribution in [0.15, 0.2) is 53.4 Å². The van der Waals surface area contributed by atoms with Gasteiger partial charge in [-0.2, -0.15) is 4.31 Å². The van der Waals surface area contributed by atoms with Crippen molar-refractivity contribution in [3.05, 3.63) is 54.1 Å². The fraction of sp³-hybridized carbons (Fsp3) is 0.519. The second kappa shape index (κ2) is 12.5. The van der Waals surface area contributed by atoms with E-state index in [-0.39, 0.29) is 54.3 Å². The van der Waals surface area contributed by atoms with Crippen molar-refractivity contribution in [2.24, 2.45) is 11.8 Å². The number of hydrogen-bond donors (Lipinski definition) is 4. The lowest BCUT2D eigenvalue weighted by Crippen LogP contribution is -2.51. The largest absolute Gasteiger partial charge is 0.508 e. The van der Waals surface area contributed by atoms with Crippen molar-refractivity contribution in [2.75, 3.05) is 26.3 Å². The number of hydrogen-bond acceptors (Lipinski definition) is 9. The van der Waals surface area contributed by atoms with E-state index >= 15 is 0 Å².